The van der Waals surface area contributed by atoms with Crippen LogP contribution >= 0.6 is 0 Å². The molecule has 0 aromatic heterocycles. The van der Waals surface area contributed by atoms with Gasteiger partial charge in [-0.3, -0.25) is 9.59 Å². The molecule has 0 aliphatic heterocycles. The molecule has 2 aromatic rings. The third-order valence-electron chi connectivity index (χ3n) is 4.36. The number of carboxylic acids is 2. The van der Waals surface area contributed by atoms with Crippen LogP contribution in [0.2, 0.25) is 0 Å². The molecule has 0 saturated carbocycles. The Hall–Kier alpha value is -2.73. The summed E-state index contributed by atoms with van der Waals surface area (Å²) >= 11 is 0. The van der Waals surface area contributed by atoms with Gasteiger partial charge in [-0.05, 0) is 41.2 Å². The van der Waals surface area contributed by atoms with Gasteiger partial charge in [-0.15, -0.1) is 0 Å². The molecule has 2 atom stereocenters. The van der Waals surface area contributed by atoms with Gasteiger partial charge in [0.25, 0.3) is 0 Å². The van der Waals surface area contributed by atoms with E-state index in [0.717, 1.165) is 11.1 Å². The lowest BCUT2D eigenvalue weighted by Crippen LogP contribution is -2.41. The molecule has 0 heterocycles. The molecule has 0 fully saturated rings. The van der Waals surface area contributed by atoms with Crippen molar-refractivity contribution in [3.8, 4) is 11.1 Å². The summed E-state index contributed by atoms with van der Waals surface area (Å²) < 4.78 is 13.0. The summed E-state index contributed by atoms with van der Waals surface area (Å²) in [5.41, 5.74) is 2.25. The van der Waals surface area contributed by atoms with Crippen LogP contribution in [0.3, 0.4) is 0 Å². The molecule has 0 amide bonds. The molecule has 5 nitrogen and oxygen atoms in total. The van der Waals surface area contributed by atoms with Crippen molar-refractivity contribution in [3.05, 3.63) is 59.9 Å². The van der Waals surface area contributed by atoms with E-state index in [9.17, 15) is 24.2 Å². The van der Waals surface area contributed by atoms with Crippen molar-refractivity contribution in [3.63, 3.8) is 0 Å². The fraction of sp³-hybridized carbons (Fsp3) is 0.333. The van der Waals surface area contributed by atoms with Crippen LogP contribution in [0.25, 0.3) is 11.1 Å². The number of halogens is 1. The first-order chi connectivity index (χ1) is 12.8. The molecule has 0 spiro atoms. The number of rotatable bonds is 9. The maximum Gasteiger partial charge on any atom is 0.320 e. The zero-order valence-corrected chi connectivity index (χ0v) is 15.4. The Kier molecular flexibility index (Phi) is 7.07. The largest absolute Gasteiger partial charge is 0.481 e. The van der Waals surface area contributed by atoms with Crippen molar-refractivity contribution in [2.24, 2.45) is 5.92 Å². The highest BCUT2D eigenvalue weighted by atomic mass is 19.1. The van der Waals surface area contributed by atoms with Crippen LogP contribution in [-0.4, -0.2) is 34.7 Å². The first-order valence-electron chi connectivity index (χ1n) is 8.82. The topological polar surface area (TPSA) is 86.6 Å². The van der Waals surface area contributed by atoms with Gasteiger partial charge >= 0.3 is 11.9 Å². The predicted octanol–water partition coefficient (Wildman–Crippen LogP) is 3.75. The Morgan fingerprint density at radius 2 is 1.44 bits per heavy atom. The Bertz CT molecular complexity index is 772. The zero-order valence-electron chi connectivity index (χ0n) is 15.4. The van der Waals surface area contributed by atoms with Gasteiger partial charge in [-0.1, -0.05) is 50.2 Å². The van der Waals surface area contributed by atoms with Crippen LogP contribution in [0.4, 0.5) is 4.39 Å². The molecule has 2 aromatic carbocycles. The third-order valence-corrected chi connectivity index (χ3v) is 4.36. The van der Waals surface area contributed by atoms with Crippen LogP contribution in [0.1, 0.15) is 31.7 Å². The number of aliphatic carboxylic acids is 2. The SMILES string of the molecule is CC(C)CC(NCC(C(=O)O)c1ccc(-c2ccc(F)cc2)cc1)C(=O)O. The van der Waals surface area contributed by atoms with Gasteiger partial charge < -0.3 is 15.5 Å². The maximum absolute atomic E-state index is 13.0. The summed E-state index contributed by atoms with van der Waals surface area (Å²) in [6.45, 7) is 3.86. The van der Waals surface area contributed by atoms with Crippen molar-refractivity contribution >= 4 is 11.9 Å². The Morgan fingerprint density at radius 1 is 0.926 bits per heavy atom. The highest BCUT2D eigenvalue weighted by Crippen LogP contribution is 2.23. The summed E-state index contributed by atoms with van der Waals surface area (Å²) in [6, 6.07) is 12.2. The van der Waals surface area contributed by atoms with E-state index in [1.165, 1.54) is 12.1 Å². The minimum absolute atomic E-state index is 0.0227. The van der Waals surface area contributed by atoms with E-state index in [1.807, 2.05) is 13.8 Å². The highest BCUT2D eigenvalue weighted by molar-refractivity contribution is 5.77. The maximum atomic E-state index is 13.0. The number of hydrogen-bond acceptors (Lipinski definition) is 3. The Balaban J connectivity index is 2.13. The summed E-state index contributed by atoms with van der Waals surface area (Å²) in [5, 5.41) is 21.7. The van der Waals surface area contributed by atoms with E-state index in [4.69, 9.17) is 0 Å². The predicted molar refractivity (Wildman–Crippen MR) is 101 cm³/mol. The number of hydrogen-bond donors (Lipinski definition) is 3. The van der Waals surface area contributed by atoms with Crippen molar-refractivity contribution in [1.29, 1.82) is 0 Å². The van der Waals surface area contributed by atoms with Crippen molar-refractivity contribution in [1.82, 2.24) is 5.32 Å². The average Bonchev–Trinajstić information content (AvgIpc) is 2.61. The van der Waals surface area contributed by atoms with Crippen LogP contribution in [0, 0.1) is 11.7 Å². The molecule has 2 rings (SSSR count). The first kappa shape index (κ1) is 20.6. The molecule has 2 unspecified atom stereocenters. The number of benzene rings is 2. The van der Waals surface area contributed by atoms with E-state index in [1.54, 1.807) is 36.4 Å². The summed E-state index contributed by atoms with van der Waals surface area (Å²) in [5.74, 6) is -3.01. The molecule has 6 heteroatoms. The number of carboxylic acid groups (broad SMARTS) is 2. The average molecular weight is 373 g/mol. The molecule has 3 N–H and O–H groups in total. The van der Waals surface area contributed by atoms with Gasteiger partial charge in [0.2, 0.25) is 0 Å². The first-order valence-corrected chi connectivity index (χ1v) is 8.82. The Labute approximate surface area is 157 Å². The van der Waals surface area contributed by atoms with Crippen molar-refractivity contribution in [2.75, 3.05) is 6.54 Å². The van der Waals surface area contributed by atoms with E-state index >= 15 is 0 Å². The molecule has 0 aliphatic carbocycles. The highest BCUT2D eigenvalue weighted by Gasteiger charge is 2.24. The number of carbonyl (C=O) groups is 2. The van der Waals surface area contributed by atoms with Gasteiger partial charge in [-0.25, -0.2) is 4.39 Å². The quantitative estimate of drug-likeness (QED) is 0.623. The normalized spacial score (nSPS) is 13.3. The fourth-order valence-electron chi connectivity index (χ4n) is 2.90. The fourth-order valence-corrected chi connectivity index (χ4v) is 2.90. The van der Waals surface area contributed by atoms with Gasteiger partial charge in [-0.2, -0.15) is 0 Å². The second-order valence-corrected chi connectivity index (χ2v) is 6.95. The minimum Gasteiger partial charge on any atom is -0.481 e. The summed E-state index contributed by atoms with van der Waals surface area (Å²) in [7, 11) is 0. The van der Waals surface area contributed by atoms with Gasteiger partial charge in [0.05, 0.1) is 5.92 Å². The molecule has 144 valence electrons. The Morgan fingerprint density at radius 3 is 1.89 bits per heavy atom. The van der Waals surface area contributed by atoms with Crippen molar-refractivity contribution < 1.29 is 24.2 Å². The molecule has 27 heavy (non-hydrogen) atoms. The molecule has 0 aliphatic rings. The monoisotopic (exact) mass is 373 g/mol. The standard InChI is InChI=1S/C21H24FNO4/c1-13(2)11-19(21(26)27)23-12-18(20(24)25)16-5-3-14(4-6-16)15-7-9-17(22)10-8-15/h3-10,13,18-19,23H,11-12H2,1-2H3,(H,24,25)(H,26,27). The van der Waals surface area contributed by atoms with Crippen LogP contribution in [0.15, 0.2) is 48.5 Å². The van der Waals surface area contributed by atoms with E-state index in [2.05, 4.69) is 5.32 Å². The lowest BCUT2D eigenvalue weighted by molar-refractivity contribution is -0.142. The third kappa shape index (κ3) is 5.89. The second kappa shape index (κ2) is 9.28. The van der Waals surface area contributed by atoms with Gasteiger partial charge in [0, 0.05) is 6.54 Å². The summed E-state index contributed by atoms with van der Waals surface area (Å²) in [4.78, 5) is 23.0. The minimum atomic E-state index is -1.02. The second-order valence-electron chi connectivity index (χ2n) is 6.95. The molecule has 0 radical (unpaired) electrons. The van der Waals surface area contributed by atoms with Crippen LogP contribution < -0.4 is 5.32 Å². The van der Waals surface area contributed by atoms with Crippen molar-refractivity contribution in [2.45, 2.75) is 32.2 Å². The van der Waals surface area contributed by atoms with E-state index < -0.39 is 23.9 Å². The van der Waals surface area contributed by atoms with E-state index in [0.29, 0.717) is 12.0 Å². The van der Waals surface area contributed by atoms with Crippen LogP contribution in [0.5, 0.6) is 0 Å². The molecular formula is C21H24FNO4. The van der Waals surface area contributed by atoms with Gasteiger partial charge in [0.1, 0.15) is 11.9 Å². The van der Waals surface area contributed by atoms with Crippen LogP contribution in [-0.2, 0) is 9.59 Å². The molecule has 0 saturated heterocycles. The molecular weight excluding hydrogens is 349 g/mol. The molecule has 0 bridgehead atoms. The van der Waals surface area contributed by atoms with E-state index in [-0.39, 0.29) is 18.3 Å². The number of nitrogens with one attached hydrogen (secondary N) is 1. The smallest absolute Gasteiger partial charge is 0.320 e. The summed E-state index contributed by atoms with van der Waals surface area (Å²) in [6.07, 6.45) is 0.422. The van der Waals surface area contributed by atoms with Gasteiger partial charge in [0.15, 0.2) is 0 Å². The lowest BCUT2D eigenvalue weighted by Gasteiger charge is -2.20. The zero-order chi connectivity index (χ0) is 20.0. The lowest BCUT2D eigenvalue weighted by atomic mass is 9.95.